The highest BCUT2D eigenvalue weighted by Crippen LogP contribution is 2.17. The fraction of sp³-hybridized carbons (Fsp3) is 0.250. The summed E-state index contributed by atoms with van der Waals surface area (Å²) in [4.78, 5) is 35.9. The first-order valence-electron chi connectivity index (χ1n) is 8.49. The lowest BCUT2D eigenvalue weighted by Gasteiger charge is -2.11. The van der Waals surface area contributed by atoms with Crippen molar-refractivity contribution in [3.8, 4) is 0 Å². The van der Waals surface area contributed by atoms with E-state index >= 15 is 0 Å². The number of rotatable bonds is 6. The van der Waals surface area contributed by atoms with Gasteiger partial charge in [-0.15, -0.1) is 0 Å². The molecular weight excluding hydrogens is 380 g/mol. The highest BCUT2D eigenvalue weighted by molar-refractivity contribution is 7.83. The second-order valence-electron chi connectivity index (χ2n) is 6.24. The number of aryl methyl sites for hydroxylation is 1. The van der Waals surface area contributed by atoms with Crippen LogP contribution >= 0.6 is 0 Å². The van der Waals surface area contributed by atoms with Gasteiger partial charge in [0.25, 0.3) is 5.91 Å². The van der Waals surface area contributed by atoms with E-state index in [4.69, 9.17) is 4.74 Å². The zero-order valence-electron chi connectivity index (χ0n) is 15.9. The summed E-state index contributed by atoms with van der Waals surface area (Å²) in [6.07, 6.45) is 1.57. The molecule has 1 atom stereocenters. The lowest BCUT2D eigenvalue weighted by atomic mass is 10.1. The maximum absolute atomic E-state index is 12.1. The van der Waals surface area contributed by atoms with Crippen LogP contribution in [0.25, 0.3) is 0 Å². The Hall–Kier alpha value is -3.00. The van der Waals surface area contributed by atoms with Gasteiger partial charge in [-0.25, -0.2) is 9.59 Å². The Bertz CT molecular complexity index is 927. The lowest BCUT2D eigenvalue weighted by molar-refractivity contribution is -0.123. The molecule has 7 nitrogen and oxygen atoms in total. The molecule has 28 heavy (non-hydrogen) atoms. The number of carbonyl (C=O) groups is 3. The Morgan fingerprint density at radius 2 is 1.79 bits per heavy atom. The third kappa shape index (κ3) is 6.31. The van der Waals surface area contributed by atoms with Gasteiger partial charge in [-0.05, 0) is 48.7 Å². The average molecular weight is 402 g/mol. The standard InChI is InChI=1S/C20H22N2O5S/c1-13-6-4-9-17(14(13)2)21-20(25)22-18(23)11-27-19(24)16-8-5-7-15(10-16)12-28(3)26/h4-10H,11-12H2,1-3H3,(H2,21,22,23,25). The van der Waals surface area contributed by atoms with Crippen molar-refractivity contribution in [2.24, 2.45) is 0 Å². The SMILES string of the molecule is Cc1cccc(NC(=O)NC(=O)COC(=O)c2cccc(CS(C)=O)c2)c1C. The minimum Gasteiger partial charge on any atom is -0.452 e. The van der Waals surface area contributed by atoms with Gasteiger partial charge in [0, 0.05) is 28.5 Å². The van der Waals surface area contributed by atoms with Gasteiger partial charge in [-0.2, -0.15) is 0 Å². The van der Waals surface area contributed by atoms with Crippen molar-refractivity contribution in [3.63, 3.8) is 0 Å². The van der Waals surface area contributed by atoms with Crippen LogP contribution in [0.5, 0.6) is 0 Å². The Labute approximate surface area is 165 Å². The molecule has 2 rings (SSSR count). The van der Waals surface area contributed by atoms with Crippen LogP contribution in [0, 0.1) is 13.8 Å². The molecule has 0 saturated heterocycles. The molecule has 1 unspecified atom stereocenters. The van der Waals surface area contributed by atoms with Gasteiger partial charge < -0.3 is 10.1 Å². The topological polar surface area (TPSA) is 102 Å². The molecule has 0 aliphatic rings. The molecule has 0 aliphatic heterocycles. The molecule has 0 fully saturated rings. The van der Waals surface area contributed by atoms with Crippen molar-refractivity contribution >= 4 is 34.4 Å². The van der Waals surface area contributed by atoms with Gasteiger partial charge >= 0.3 is 12.0 Å². The van der Waals surface area contributed by atoms with E-state index in [1.165, 1.54) is 6.07 Å². The summed E-state index contributed by atoms with van der Waals surface area (Å²) in [6.45, 7) is 3.18. The predicted octanol–water partition coefficient (Wildman–Crippen LogP) is 2.69. The number of hydrogen-bond acceptors (Lipinski definition) is 5. The Morgan fingerprint density at radius 3 is 2.50 bits per heavy atom. The normalized spacial score (nSPS) is 11.4. The zero-order valence-corrected chi connectivity index (χ0v) is 16.7. The number of nitrogens with one attached hydrogen (secondary N) is 2. The molecule has 3 amide bonds. The smallest absolute Gasteiger partial charge is 0.338 e. The van der Waals surface area contributed by atoms with E-state index < -0.39 is 35.3 Å². The van der Waals surface area contributed by atoms with Crippen LogP contribution in [0.2, 0.25) is 0 Å². The number of esters is 1. The van der Waals surface area contributed by atoms with Gasteiger partial charge in [-0.1, -0.05) is 24.3 Å². The highest BCUT2D eigenvalue weighted by Gasteiger charge is 2.14. The van der Waals surface area contributed by atoms with Crippen molar-refractivity contribution in [3.05, 3.63) is 64.7 Å². The fourth-order valence-electron chi connectivity index (χ4n) is 2.44. The molecule has 2 aromatic carbocycles. The Morgan fingerprint density at radius 1 is 1.07 bits per heavy atom. The van der Waals surface area contributed by atoms with E-state index in [-0.39, 0.29) is 5.56 Å². The predicted molar refractivity (Wildman–Crippen MR) is 108 cm³/mol. The minimum atomic E-state index is -1.04. The highest BCUT2D eigenvalue weighted by atomic mass is 32.2. The van der Waals surface area contributed by atoms with Gasteiger partial charge in [0.15, 0.2) is 6.61 Å². The number of anilines is 1. The van der Waals surface area contributed by atoms with Crippen molar-refractivity contribution in [2.45, 2.75) is 19.6 Å². The zero-order chi connectivity index (χ0) is 20.7. The minimum absolute atomic E-state index is 0.246. The maximum Gasteiger partial charge on any atom is 0.338 e. The molecule has 0 radical (unpaired) electrons. The van der Waals surface area contributed by atoms with Crippen molar-refractivity contribution in [2.75, 3.05) is 18.2 Å². The molecule has 2 aromatic rings. The number of ether oxygens (including phenoxy) is 1. The summed E-state index contributed by atoms with van der Waals surface area (Å²) in [5.41, 5.74) is 3.47. The van der Waals surface area contributed by atoms with Crippen LogP contribution < -0.4 is 10.6 Å². The first-order valence-corrected chi connectivity index (χ1v) is 10.2. The Balaban J connectivity index is 1.86. The first kappa shape index (κ1) is 21.3. The number of benzene rings is 2. The van der Waals surface area contributed by atoms with Crippen LogP contribution in [0.1, 0.15) is 27.0 Å². The molecule has 0 saturated carbocycles. The molecule has 0 aromatic heterocycles. The molecule has 0 heterocycles. The van der Waals surface area contributed by atoms with Gasteiger partial charge in [0.05, 0.1) is 5.56 Å². The quantitative estimate of drug-likeness (QED) is 0.724. The summed E-state index contributed by atoms with van der Waals surface area (Å²) in [5, 5.41) is 4.70. The van der Waals surface area contributed by atoms with Crippen molar-refractivity contribution in [1.29, 1.82) is 0 Å². The third-order valence-electron chi connectivity index (χ3n) is 3.97. The maximum atomic E-state index is 12.1. The van der Waals surface area contributed by atoms with E-state index in [1.54, 1.807) is 36.6 Å². The van der Waals surface area contributed by atoms with E-state index in [2.05, 4.69) is 10.6 Å². The molecule has 2 N–H and O–H groups in total. The van der Waals surface area contributed by atoms with Crippen LogP contribution in [-0.2, 0) is 26.1 Å². The van der Waals surface area contributed by atoms with E-state index in [1.807, 2.05) is 19.9 Å². The number of carbonyl (C=O) groups excluding carboxylic acids is 3. The molecule has 0 bridgehead atoms. The second-order valence-corrected chi connectivity index (χ2v) is 7.68. The summed E-state index contributed by atoms with van der Waals surface area (Å²) >= 11 is 0. The fourth-order valence-corrected chi connectivity index (χ4v) is 3.09. The summed E-state index contributed by atoms with van der Waals surface area (Å²) in [6, 6.07) is 11.2. The molecular formula is C20H22N2O5S. The van der Waals surface area contributed by atoms with Crippen LogP contribution in [0.3, 0.4) is 0 Å². The monoisotopic (exact) mass is 402 g/mol. The summed E-state index contributed by atoms with van der Waals surface area (Å²) in [5.74, 6) is -1.13. The number of urea groups is 1. The van der Waals surface area contributed by atoms with Crippen LogP contribution in [0.4, 0.5) is 10.5 Å². The lowest BCUT2D eigenvalue weighted by Crippen LogP contribution is -2.37. The van der Waals surface area contributed by atoms with Gasteiger partial charge in [0.2, 0.25) is 0 Å². The summed E-state index contributed by atoms with van der Waals surface area (Å²) < 4.78 is 16.2. The van der Waals surface area contributed by atoms with Gasteiger partial charge in [0.1, 0.15) is 0 Å². The average Bonchev–Trinajstić information content (AvgIpc) is 2.63. The molecule has 148 valence electrons. The van der Waals surface area contributed by atoms with Crippen LogP contribution in [-0.4, -0.2) is 35.0 Å². The third-order valence-corrected chi connectivity index (χ3v) is 4.71. The van der Waals surface area contributed by atoms with Gasteiger partial charge in [-0.3, -0.25) is 14.3 Å². The van der Waals surface area contributed by atoms with Crippen molar-refractivity contribution in [1.82, 2.24) is 5.32 Å². The summed E-state index contributed by atoms with van der Waals surface area (Å²) in [7, 11) is -1.04. The molecule has 0 spiro atoms. The van der Waals surface area contributed by atoms with E-state index in [0.29, 0.717) is 11.4 Å². The second kappa shape index (κ2) is 9.80. The van der Waals surface area contributed by atoms with Crippen molar-refractivity contribution < 1.29 is 23.3 Å². The number of hydrogen-bond donors (Lipinski definition) is 2. The number of imide groups is 1. The molecule has 0 aliphatic carbocycles. The number of amides is 3. The first-order chi connectivity index (χ1) is 13.3. The molecule has 8 heteroatoms. The largest absolute Gasteiger partial charge is 0.452 e. The van der Waals surface area contributed by atoms with E-state index in [0.717, 1.165) is 16.7 Å². The van der Waals surface area contributed by atoms with E-state index in [9.17, 15) is 18.6 Å². The Kier molecular flexibility index (Phi) is 7.45. The van der Waals surface area contributed by atoms with Crippen LogP contribution in [0.15, 0.2) is 42.5 Å².